The monoisotopic (exact) mass is 200 g/mol. The fraction of sp³-hybridized carbons (Fsp3) is 1.00. The van der Waals surface area contributed by atoms with E-state index in [0.29, 0.717) is 13.2 Å². The maximum Gasteiger partial charge on any atom is 0.197 e. The largest absolute Gasteiger partial charge is 0.345 e. The van der Waals surface area contributed by atoms with Gasteiger partial charge < -0.3 is 18.9 Å². The predicted octanol–water partition coefficient (Wildman–Crippen LogP) is 1.04. The minimum Gasteiger partial charge on any atom is -0.345 e. The molecule has 0 N–H and O–H groups in total. The molecule has 0 unspecified atom stereocenters. The van der Waals surface area contributed by atoms with Crippen molar-refractivity contribution in [2.24, 2.45) is 0 Å². The molecule has 2 atom stereocenters. The highest BCUT2D eigenvalue weighted by Crippen LogP contribution is 2.47. The molecule has 14 heavy (non-hydrogen) atoms. The van der Waals surface area contributed by atoms with Crippen LogP contribution in [-0.2, 0) is 18.9 Å². The van der Waals surface area contributed by atoms with Crippen LogP contribution in [0.25, 0.3) is 0 Å². The Balaban J connectivity index is 1.85. The number of rotatable bonds is 0. The molecule has 1 saturated carbocycles. The minimum absolute atomic E-state index is 0.0417. The van der Waals surface area contributed by atoms with Crippen molar-refractivity contribution in [3.63, 3.8) is 0 Å². The van der Waals surface area contributed by atoms with Crippen molar-refractivity contribution in [2.45, 2.75) is 50.5 Å². The SMILES string of the molecule is CC1(C)O[C@@H]2[C@@H](CCC23OCCO3)O1. The van der Waals surface area contributed by atoms with E-state index in [2.05, 4.69) is 0 Å². The van der Waals surface area contributed by atoms with Gasteiger partial charge in [0.05, 0.1) is 19.3 Å². The van der Waals surface area contributed by atoms with Crippen LogP contribution in [0.4, 0.5) is 0 Å². The van der Waals surface area contributed by atoms with Gasteiger partial charge in [0, 0.05) is 6.42 Å². The molecule has 1 spiro atoms. The second-order valence-electron chi connectivity index (χ2n) is 4.64. The van der Waals surface area contributed by atoms with E-state index in [-0.39, 0.29) is 12.2 Å². The highest BCUT2D eigenvalue weighted by atomic mass is 16.8. The average molecular weight is 200 g/mol. The quantitative estimate of drug-likeness (QED) is 0.585. The van der Waals surface area contributed by atoms with Crippen LogP contribution in [0.5, 0.6) is 0 Å². The standard InChI is InChI=1S/C10H16O4/c1-9(2)13-7-3-4-10(8(7)14-9)11-5-6-12-10/h7-8H,3-6H2,1-2H3/t7-,8-/m1/s1. The Morgan fingerprint density at radius 2 is 1.79 bits per heavy atom. The lowest BCUT2D eigenvalue weighted by molar-refractivity contribution is -0.240. The Morgan fingerprint density at radius 3 is 2.50 bits per heavy atom. The summed E-state index contributed by atoms with van der Waals surface area (Å²) in [5.41, 5.74) is 0. The molecule has 2 heterocycles. The summed E-state index contributed by atoms with van der Waals surface area (Å²) in [4.78, 5) is 0. The summed E-state index contributed by atoms with van der Waals surface area (Å²) in [7, 11) is 0. The molecule has 0 radical (unpaired) electrons. The first-order chi connectivity index (χ1) is 6.61. The molecule has 0 aromatic rings. The molecule has 4 nitrogen and oxygen atoms in total. The van der Waals surface area contributed by atoms with E-state index >= 15 is 0 Å². The molecule has 4 heteroatoms. The van der Waals surface area contributed by atoms with Crippen molar-refractivity contribution in [1.82, 2.24) is 0 Å². The summed E-state index contributed by atoms with van der Waals surface area (Å²) in [5.74, 6) is -0.990. The van der Waals surface area contributed by atoms with E-state index in [1.165, 1.54) is 0 Å². The smallest absolute Gasteiger partial charge is 0.197 e. The maximum atomic E-state index is 5.84. The summed E-state index contributed by atoms with van der Waals surface area (Å²) < 4.78 is 23.0. The summed E-state index contributed by atoms with van der Waals surface area (Å²) in [6, 6.07) is 0. The van der Waals surface area contributed by atoms with Crippen molar-refractivity contribution in [3.05, 3.63) is 0 Å². The van der Waals surface area contributed by atoms with E-state index in [4.69, 9.17) is 18.9 Å². The van der Waals surface area contributed by atoms with E-state index in [0.717, 1.165) is 12.8 Å². The van der Waals surface area contributed by atoms with Crippen LogP contribution < -0.4 is 0 Å². The van der Waals surface area contributed by atoms with Gasteiger partial charge in [0.2, 0.25) is 0 Å². The Labute approximate surface area is 83.5 Å². The van der Waals surface area contributed by atoms with Gasteiger partial charge in [-0.2, -0.15) is 0 Å². The number of fused-ring (bicyclic) bond motifs is 2. The molecule has 3 fully saturated rings. The lowest BCUT2D eigenvalue weighted by atomic mass is 10.2. The van der Waals surface area contributed by atoms with Crippen molar-refractivity contribution in [3.8, 4) is 0 Å². The zero-order valence-electron chi connectivity index (χ0n) is 8.62. The van der Waals surface area contributed by atoms with Crippen LogP contribution in [0.2, 0.25) is 0 Å². The summed E-state index contributed by atoms with van der Waals surface area (Å²) in [5, 5.41) is 0. The normalized spacial score (nSPS) is 43.3. The van der Waals surface area contributed by atoms with Gasteiger partial charge >= 0.3 is 0 Å². The maximum absolute atomic E-state index is 5.84. The fourth-order valence-electron chi connectivity index (χ4n) is 2.68. The lowest BCUT2D eigenvalue weighted by Gasteiger charge is -2.28. The third-order valence-corrected chi connectivity index (χ3v) is 3.17. The van der Waals surface area contributed by atoms with Gasteiger partial charge in [-0.05, 0) is 20.3 Å². The summed E-state index contributed by atoms with van der Waals surface area (Å²) >= 11 is 0. The third-order valence-electron chi connectivity index (χ3n) is 3.17. The van der Waals surface area contributed by atoms with Gasteiger partial charge in [0.1, 0.15) is 6.10 Å². The Hall–Kier alpha value is -0.160. The van der Waals surface area contributed by atoms with Crippen molar-refractivity contribution < 1.29 is 18.9 Å². The molecule has 80 valence electrons. The van der Waals surface area contributed by atoms with E-state index in [1.807, 2.05) is 13.8 Å². The third kappa shape index (κ3) is 1.15. The molecule has 0 bridgehead atoms. The van der Waals surface area contributed by atoms with Crippen molar-refractivity contribution in [1.29, 1.82) is 0 Å². The first-order valence-electron chi connectivity index (χ1n) is 5.25. The Morgan fingerprint density at radius 1 is 1.07 bits per heavy atom. The minimum atomic E-state index is -0.502. The summed E-state index contributed by atoms with van der Waals surface area (Å²) in [6.45, 7) is 5.22. The highest BCUT2D eigenvalue weighted by molar-refractivity contribution is 5.00. The Kier molecular flexibility index (Phi) is 1.75. The van der Waals surface area contributed by atoms with Gasteiger partial charge in [-0.1, -0.05) is 0 Å². The molecule has 2 saturated heterocycles. The first-order valence-corrected chi connectivity index (χ1v) is 5.25. The van der Waals surface area contributed by atoms with Crippen LogP contribution in [0.15, 0.2) is 0 Å². The number of hydrogen-bond donors (Lipinski definition) is 0. The topological polar surface area (TPSA) is 36.9 Å². The van der Waals surface area contributed by atoms with Gasteiger partial charge in [0.25, 0.3) is 0 Å². The molecule has 3 rings (SSSR count). The molecule has 0 amide bonds. The fourth-order valence-corrected chi connectivity index (χ4v) is 2.68. The number of hydrogen-bond acceptors (Lipinski definition) is 4. The second-order valence-corrected chi connectivity index (χ2v) is 4.64. The van der Waals surface area contributed by atoms with Crippen LogP contribution in [-0.4, -0.2) is 37.0 Å². The highest BCUT2D eigenvalue weighted by Gasteiger charge is 2.60. The number of ether oxygens (including phenoxy) is 4. The predicted molar refractivity (Wildman–Crippen MR) is 47.7 cm³/mol. The van der Waals surface area contributed by atoms with Gasteiger partial charge in [-0.25, -0.2) is 0 Å². The van der Waals surface area contributed by atoms with Crippen LogP contribution in [0, 0.1) is 0 Å². The molecule has 0 aromatic carbocycles. The van der Waals surface area contributed by atoms with Gasteiger partial charge in [-0.15, -0.1) is 0 Å². The lowest BCUT2D eigenvalue weighted by Crippen LogP contribution is -2.43. The first kappa shape index (κ1) is 9.09. The van der Waals surface area contributed by atoms with Crippen LogP contribution in [0.3, 0.4) is 0 Å². The van der Waals surface area contributed by atoms with Crippen molar-refractivity contribution >= 4 is 0 Å². The average Bonchev–Trinajstić information content (AvgIpc) is 2.72. The molecule has 1 aliphatic carbocycles. The zero-order valence-corrected chi connectivity index (χ0v) is 8.62. The molecular formula is C10H16O4. The molecule has 3 aliphatic rings. The van der Waals surface area contributed by atoms with Gasteiger partial charge in [-0.3, -0.25) is 0 Å². The van der Waals surface area contributed by atoms with Crippen LogP contribution >= 0.6 is 0 Å². The molecule has 2 aliphatic heterocycles. The molecular weight excluding hydrogens is 184 g/mol. The van der Waals surface area contributed by atoms with Crippen LogP contribution in [0.1, 0.15) is 26.7 Å². The van der Waals surface area contributed by atoms with E-state index < -0.39 is 11.6 Å². The van der Waals surface area contributed by atoms with Gasteiger partial charge in [0.15, 0.2) is 11.6 Å². The second kappa shape index (κ2) is 2.70. The van der Waals surface area contributed by atoms with E-state index in [9.17, 15) is 0 Å². The molecule has 0 aromatic heterocycles. The van der Waals surface area contributed by atoms with Crippen molar-refractivity contribution in [2.75, 3.05) is 13.2 Å². The van der Waals surface area contributed by atoms with E-state index in [1.54, 1.807) is 0 Å². The Bertz CT molecular complexity index is 245. The summed E-state index contributed by atoms with van der Waals surface area (Å²) in [6.07, 6.45) is 1.95. The zero-order chi connectivity index (χ0) is 9.81.